The number of benzene rings is 4. The summed E-state index contributed by atoms with van der Waals surface area (Å²) in [5, 5.41) is 0. The number of quaternary nitrogens is 1. The fourth-order valence-corrected chi connectivity index (χ4v) is 4.77. The van der Waals surface area contributed by atoms with E-state index in [9.17, 15) is 35.1 Å². The van der Waals surface area contributed by atoms with Crippen LogP contribution in [0.3, 0.4) is 0 Å². The molecule has 42 heavy (non-hydrogen) atoms. The first kappa shape index (κ1) is 32.3. The number of halogens is 16. The van der Waals surface area contributed by atoms with E-state index in [4.69, 9.17) is 0 Å². The van der Waals surface area contributed by atoms with Crippen LogP contribution in [0.4, 0.5) is 70.2 Å². The highest BCUT2D eigenvalue weighted by Crippen LogP contribution is 2.27. The third-order valence-corrected chi connectivity index (χ3v) is 6.33. The predicted octanol–water partition coefficient (Wildman–Crippen LogP) is 5.67. The Labute approximate surface area is 222 Å². The first-order chi connectivity index (χ1) is 19.0. The zero-order chi connectivity index (χ0) is 30.9. The molecule has 0 saturated carbocycles. The van der Waals surface area contributed by atoms with Gasteiger partial charge in [-0.25, -0.2) is 70.2 Å². The summed E-state index contributed by atoms with van der Waals surface area (Å²) in [6.07, 6.45) is -6.18. The van der Waals surface area contributed by atoms with Crippen molar-refractivity contribution in [1.82, 2.24) is 6.15 Å². The van der Waals surface area contributed by atoms with Crippen molar-refractivity contribution in [2.75, 3.05) is 0 Å². The van der Waals surface area contributed by atoms with Crippen molar-refractivity contribution in [3.8, 4) is 0 Å². The number of hydrogen-bond acceptors (Lipinski definition) is 0. The van der Waals surface area contributed by atoms with E-state index in [2.05, 4.69) is 0 Å². The van der Waals surface area contributed by atoms with Gasteiger partial charge in [0.1, 0.15) is 29.4 Å². The zero-order valence-corrected chi connectivity index (χ0v) is 19.9. The lowest BCUT2D eigenvalue weighted by molar-refractivity contribution is 0.434. The molecular weight excluding hydrogens is 617 g/mol. The van der Waals surface area contributed by atoms with Crippen LogP contribution in [0.2, 0.25) is 0 Å². The summed E-state index contributed by atoms with van der Waals surface area (Å²) in [4.78, 5) is 0. The Hall–Kier alpha value is -4.22. The van der Waals surface area contributed by atoms with Crippen LogP contribution in [0, 0.1) is 93.1 Å². The molecule has 4 aromatic rings. The van der Waals surface area contributed by atoms with Crippen LogP contribution in [-0.2, 0) is 0 Å². The molecule has 1 nitrogen and oxygen atoms in total. The molecule has 0 heterocycles. The van der Waals surface area contributed by atoms with Crippen molar-refractivity contribution in [3.63, 3.8) is 0 Å². The average molecular weight is 625 g/mol. The van der Waals surface area contributed by atoms with E-state index in [1.165, 1.54) is 0 Å². The number of rotatable bonds is 4. The molecule has 0 bridgehead atoms. The van der Waals surface area contributed by atoms with Gasteiger partial charge in [-0.1, -0.05) is 0 Å². The van der Waals surface area contributed by atoms with Gasteiger partial charge in [0.05, 0.1) is 23.3 Å². The van der Waals surface area contributed by atoms with Gasteiger partial charge in [0, 0.05) is 24.3 Å². The molecule has 0 radical (unpaired) electrons. The molecule has 4 rings (SSSR count). The molecule has 18 heteroatoms. The average Bonchev–Trinajstić information content (AvgIpc) is 2.87. The Morgan fingerprint density at radius 3 is 0.595 bits per heavy atom. The van der Waals surface area contributed by atoms with Crippen molar-refractivity contribution in [3.05, 3.63) is 117 Å². The first-order valence-electron chi connectivity index (χ1n) is 10.5. The molecule has 0 spiro atoms. The molecule has 0 aliphatic carbocycles. The summed E-state index contributed by atoms with van der Waals surface area (Å²) < 4.78 is 235. The van der Waals surface area contributed by atoms with Gasteiger partial charge in [0.25, 0.3) is 0 Å². The molecule has 0 fully saturated rings. The molecule has 224 valence electrons. The van der Waals surface area contributed by atoms with Crippen LogP contribution in [0.5, 0.6) is 0 Å². The van der Waals surface area contributed by atoms with Crippen LogP contribution in [0.15, 0.2) is 24.3 Å². The van der Waals surface area contributed by atoms with E-state index >= 15 is 35.1 Å². The molecule has 0 aliphatic heterocycles. The van der Waals surface area contributed by atoms with Gasteiger partial charge < -0.3 is 6.15 Å². The molecule has 0 amide bonds. The minimum atomic E-state index is -6.18. The van der Waals surface area contributed by atoms with Gasteiger partial charge in [0.2, 0.25) is 0 Å². The van der Waals surface area contributed by atoms with Gasteiger partial charge in [-0.2, -0.15) is 0 Å². The van der Waals surface area contributed by atoms with Gasteiger partial charge in [-0.05, 0) is 0 Å². The minimum absolute atomic E-state index is 0. The van der Waals surface area contributed by atoms with E-state index in [0.29, 0.717) is 0 Å². The maximum atomic E-state index is 15.3. The highest BCUT2D eigenvalue weighted by Gasteiger charge is 2.49. The monoisotopic (exact) mass is 625 g/mol. The topological polar surface area (TPSA) is 36.5 Å². The highest BCUT2D eigenvalue weighted by atomic mass is 19.2. The maximum absolute atomic E-state index is 15.3. The Balaban J connectivity index is 0.00000484. The summed E-state index contributed by atoms with van der Waals surface area (Å²) in [5.41, 5.74) is -10.9. The van der Waals surface area contributed by atoms with Crippen molar-refractivity contribution in [2.45, 2.75) is 0 Å². The van der Waals surface area contributed by atoms with Crippen molar-refractivity contribution >= 4 is 28.0 Å². The minimum Gasteiger partial charge on any atom is -0.369 e. The second-order valence-electron chi connectivity index (χ2n) is 8.39. The van der Waals surface area contributed by atoms with Crippen molar-refractivity contribution in [1.29, 1.82) is 0 Å². The fourth-order valence-electron chi connectivity index (χ4n) is 4.77. The van der Waals surface area contributed by atoms with E-state index in [-0.39, 0.29) is 6.15 Å². The Morgan fingerprint density at radius 2 is 0.429 bits per heavy atom. The maximum Gasteiger partial charge on any atom is 0.191 e. The van der Waals surface area contributed by atoms with Crippen LogP contribution >= 0.6 is 0 Å². The SMILES string of the molecule is Fc1cc(F)c([B-](c2c(F)cc(F)c(F)c2F)(c2c(F)cc(F)c(F)c2F)c2c(F)cc(F)c(F)c2F)c(F)c1F.[NH4+]. The summed E-state index contributed by atoms with van der Waals surface area (Å²) in [7, 11) is 0. The molecule has 0 saturated heterocycles. The third-order valence-electron chi connectivity index (χ3n) is 6.33. The summed E-state index contributed by atoms with van der Waals surface area (Å²) in [5.74, 6) is -45.1. The van der Waals surface area contributed by atoms with Gasteiger partial charge in [-0.3, -0.25) is 0 Å². The van der Waals surface area contributed by atoms with Crippen LogP contribution < -0.4 is 28.0 Å². The molecule has 0 aliphatic rings. The third kappa shape index (κ3) is 4.35. The highest BCUT2D eigenvalue weighted by molar-refractivity contribution is 7.20. The van der Waals surface area contributed by atoms with Crippen LogP contribution in [0.1, 0.15) is 0 Å². The summed E-state index contributed by atoms with van der Waals surface area (Å²) >= 11 is 0. The van der Waals surface area contributed by atoms with Gasteiger partial charge >= 0.3 is 0 Å². The molecule has 0 aromatic heterocycles. The second-order valence-corrected chi connectivity index (χ2v) is 8.39. The Bertz CT molecular complexity index is 1510. The van der Waals surface area contributed by atoms with E-state index in [1.807, 2.05) is 0 Å². The van der Waals surface area contributed by atoms with E-state index in [1.54, 1.807) is 0 Å². The molecule has 0 unspecified atom stereocenters. The van der Waals surface area contributed by atoms with Crippen molar-refractivity contribution in [2.24, 2.45) is 0 Å². The predicted molar refractivity (Wildman–Crippen MR) is 115 cm³/mol. The lowest BCUT2D eigenvalue weighted by Crippen LogP contribution is -2.80. The Morgan fingerprint density at radius 1 is 0.262 bits per heavy atom. The lowest BCUT2D eigenvalue weighted by atomic mass is 9.12. The number of hydrogen-bond donors (Lipinski definition) is 1. The summed E-state index contributed by atoms with van der Waals surface area (Å²) in [6, 6.07) is -2.92. The smallest absolute Gasteiger partial charge is 0.191 e. The normalized spacial score (nSPS) is 11.6. The molecule has 4 N–H and O–H groups in total. The van der Waals surface area contributed by atoms with Crippen molar-refractivity contribution < 1.29 is 70.2 Å². The summed E-state index contributed by atoms with van der Waals surface area (Å²) in [6.45, 7) is 0. The zero-order valence-electron chi connectivity index (χ0n) is 19.9. The van der Waals surface area contributed by atoms with Crippen LogP contribution in [0.25, 0.3) is 0 Å². The largest absolute Gasteiger partial charge is 0.369 e. The quantitative estimate of drug-likeness (QED) is 0.132. The lowest BCUT2D eigenvalue weighted by Gasteiger charge is -2.44. The standard InChI is InChI=1S/C24H4BF16.H3N/c26-5-1-9(30)17(34)21(38)13(5)25(14-6(27)2-10(31)18(35)22(14)39,15-7(28)3-11(32)19(36)23(15)40)16-8(29)4-12(33)20(37)24(16)41;/h1-4H;1H3/q-1;/p+1. The second kappa shape index (κ2) is 10.9. The van der Waals surface area contributed by atoms with Gasteiger partial charge in [-0.15, -0.1) is 21.9 Å². The Kier molecular flexibility index (Phi) is 8.37. The van der Waals surface area contributed by atoms with E-state index < -0.39 is 145 Å². The van der Waals surface area contributed by atoms with Gasteiger partial charge in [0.15, 0.2) is 46.5 Å². The van der Waals surface area contributed by atoms with E-state index in [0.717, 1.165) is 0 Å². The first-order valence-corrected chi connectivity index (χ1v) is 10.5. The molecule has 0 atom stereocenters. The molecular formula is C24H8BF16N. The molecule has 4 aromatic carbocycles. The van der Waals surface area contributed by atoms with Crippen LogP contribution in [-0.4, -0.2) is 6.15 Å². The fraction of sp³-hybridized carbons (Fsp3) is 0.